The van der Waals surface area contributed by atoms with Gasteiger partial charge in [0.2, 0.25) is 5.82 Å². The zero-order valence-corrected chi connectivity index (χ0v) is 9.05. The average Bonchev–Trinajstić information content (AvgIpc) is 2.76. The highest BCUT2D eigenvalue weighted by molar-refractivity contribution is 5.55. The van der Waals surface area contributed by atoms with Crippen LogP contribution in [0, 0.1) is 23.0 Å². The zero-order valence-electron chi connectivity index (χ0n) is 9.05. The fourth-order valence-corrected chi connectivity index (χ4v) is 1.93. The van der Waals surface area contributed by atoms with Crippen LogP contribution in [-0.4, -0.2) is 27.9 Å². The number of rotatable bonds is 3. The van der Waals surface area contributed by atoms with E-state index in [-0.39, 0.29) is 11.5 Å². The molecule has 1 aliphatic rings. The van der Waals surface area contributed by atoms with E-state index in [4.69, 9.17) is 10.5 Å². The fraction of sp³-hybridized carbons (Fsp3) is 0.667. The van der Waals surface area contributed by atoms with Crippen LogP contribution in [0.1, 0.15) is 12.1 Å². The van der Waals surface area contributed by atoms with E-state index in [1.54, 1.807) is 6.92 Å². The number of nitrogens with two attached hydrogens (primary N) is 1. The molecule has 7 heteroatoms. The highest BCUT2D eigenvalue weighted by Crippen LogP contribution is 2.26. The molecule has 0 bridgehead atoms. The van der Waals surface area contributed by atoms with Gasteiger partial charge < -0.3 is 10.5 Å². The minimum Gasteiger partial charge on any atom is -0.381 e. The summed E-state index contributed by atoms with van der Waals surface area (Å²) in [7, 11) is 0. The van der Waals surface area contributed by atoms with Crippen molar-refractivity contribution in [2.75, 3.05) is 18.9 Å². The maximum Gasteiger partial charge on any atom is 0.333 e. The van der Waals surface area contributed by atoms with Crippen molar-refractivity contribution >= 4 is 11.5 Å². The first-order chi connectivity index (χ1) is 7.59. The second-order valence-corrected chi connectivity index (χ2v) is 3.99. The van der Waals surface area contributed by atoms with E-state index < -0.39 is 4.92 Å². The third-order valence-corrected chi connectivity index (χ3v) is 2.77. The number of hydrogen-bond donors (Lipinski definition) is 1. The number of nitrogens with zero attached hydrogens (tertiary/aromatic N) is 3. The molecule has 0 amide bonds. The zero-order chi connectivity index (χ0) is 11.7. The van der Waals surface area contributed by atoms with Crippen LogP contribution in [0.4, 0.5) is 11.5 Å². The van der Waals surface area contributed by atoms with Gasteiger partial charge in [-0.3, -0.25) is 10.1 Å². The van der Waals surface area contributed by atoms with Crippen LogP contribution in [-0.2, 0) is 11.3 Å². The van der Waals surface area contributed by atoms with Crippen molar-refractivity contribution < 1.29 is 9.66 Å². The monoisotopic (exact) mass is 226 g/mol. The van der Waals surface area contributed by atoms with E-state index in [1.807, 2.05) is 0 Å². The summed E-state index contributed by atoms with van der Waals surface area (Å²) in [4.78, 5) is 10.3. The van der Waals surface area contributed by atoms with E-state index in [0.717, 1.165) is 13.0 Å². The average molecular weight is 226 g/mol. The van der Waals surface area contributed by atoms with Gasteiger partial charge >= 0.3 is 5.69 Å². The van der Waals surface area contributed by atoms with Crippen molar-refractivity contribution in [3.8, 4) is 0 Å². The molecule has 2 heterocycles. The molecule has 1 unspecified atom stereocenters. The van der Waals surface area contributed by atoms with Crippen molar-refractivity contribution in [2.24, 2.45) is 5.92 Å². The Morgan fingerprint density at radius 3 is 3.00 bits per heavy atom. The predicted octanol–water partition coefficient (Wildman–Crippen LogP) is 0.718. The largest absolute Gasteiger partial charge is 0.381 e. The van der Waals surface area contributed by atoms with Crippen molar-refractivity contribution in [3.63, 3.8) is 0 Å². The minimum atomic E-state index is -0.487. The molecule has 0 radical (unpaired) electrons. The lowest BCUT2D eigenvalue weighted by atomic mass is 10.1. The van der Waals surface area contributed by atoms with Crippen LogP contribution in [0.2, 0.25) is 0 Å². The topological polar surface area (TPSA) is 96.2 Å². The van der Waals surface area contributed by atoms with Crippen LogP contribution in [0.15, 0.2) is 0 Å². The second-order valence-electron chi connectivity index (χ2n) is 3.99. The van der Waals surface area contributed by atoms with Gasteiger partial charge in [0, 0.05) is 19.1 Å². The summed E-state index contributed by atoms with van der Waals surface area (Å²) >= 11 is 0. The molecule has 16 heavy (non-hydrogen) atoms. The lowest BCUT2D eigenvalue weighted by Gasteiger charge is -2.07. The maximum atomic E-state index is 10.7. The lowest BCUT2D eigenvalue weighted by molar-refractivity contribution is -0.384. The Hall–Kier alpha value is -1.63. The smallest absolute Gasteiger partial charge is 0.333 e. The summed E-state index contributed by atoms with van der Waals surface area (Å²) in [6.45, 7) is 3.59. The van der Waals surface area contributed by atoms with Crippen molar-refractivity contribution in [1.82, 2.24) is 9.78 Å². The number of nitrogen functional groups attached to an aromatic ring is 1. The van der Waals surface area contributed by atoms with Gasteiger partial charge in [-0.1, -0.05) is 0 Å². The van der Waals surface area contributed by atoms with E-state index in [9.17, 15) is 10.1 Å². The molecule has 1 aliphatic heterocycles. The Morgan fingerprint density at radius 2 is 2.50 bits per heavy atom. The molecule has 1 saturated heterocycles. The summed E-state index contributed by atoms with van der Waals surface area (Å²) in [6, 6.07) is 0. The summed E-state index contributed by atoms with van der Waals surface area (Å²) in [5, 5.41) is 14.8. The van der Waals surface area contributed by atoms with Gasteiger partial charge in [0.15, 0.2) is 0 Å². The Bertz CT molecular complexity index is 409. The van der Waals surface area contributed by atoms with Crippen LogP contribution >= 0.6 is 0 Å². The number of ether oxygens (including phenoxy) is 1. The minimum absolute atomic E-state index is 0.0843. The molecule has 2 N–H and O–H groups in total. The predicted molar refractivity (Wildman–Crippen MR) is 57.0 cm³/mol. The SMILES string of the molecule is Cc1nn(CC2CCOC2)c(N)c1[N+](=O)[O-]. The highest BCUT2D eigenvalue weighted by Gasteiger charge is 2.25. The standard InChI is InChI=1S/C9H14N4O3/c1-6-8(13(14)15)9(10)12(11-6)4-7-2-3-16-5-7/h7H,2-5,10H2,1H3. The third-order valence-electron chi connectivity index (χ3n) is 2.77. The molecule has 1 aromatic heterocycles. The number of hydrogen-bond acceptors (Lipinski definition) is 5. The quantitative estimate of drug-likeness (QED) is 0.605. The van der Waals surface area contributed by atoms with Crippen LogP contribution in [0.25, 0.3) is 0 Å². The lowest BCUT2D eigenvalue weighted by Crippen LogP contribution is -2.14. The number of nitro groups is 1. The summed E-state index contributed by atoms with van der Waals surface area (Å²) in [6.07, 6.45) is 0.951. The molecular formula is C9H14N4O3. The number of aryl methyl sites for hydroxylation is 1. The molecular weight excluding hydrogens is 212 g/mol. The van der Waals surface area contributed by atoms with Crippen LogP contribution in [0.3, 0.4) is 0 Å². The summed E-state index contributed by atoms with van der Waals surface area (Å²) in [5.41, 5.74) is 5.98. The maximum absolute atomic E-state index is 10.7. The highest BCUT2D eigenvalue weighted by atomic mass is 16.6. The molecule has 1 atom stereocenters. The van der Waals surface area contributed by atoms with Crippen molar-refractivity contribution in [3.05, 3.63) is 15.8 Å². The van der Waals surface area contributed by atoms with Gasteiger partial charge in [0.25, 0.3) is 0 Å². The Labute approximate surface area is 92.3 Å². The molecule has 2 rings (SSSR count). The van der Waals surface area contributed by atoms with Gasteiger partial charge in [-0.25, -0.2) is 4.68 Å². The molecule has 1 aromatic rings. The first-order valence-corrected chi connectivity index (χ1v) is 5.14. The van der Waals surface area contributed by atoms with Gasteiger partial charge in [-0.2, -0.15) is 5.10 Å². The van der Waals surface area contributed by atoms with Crippen molar-refractivity contribution in [2.45, 2.75) is 19.9 Å². The number of aromatic nitrogens is 2. The fourth-order valence-electron chi connectivity index (χ4n) is 1.93. The molecule has 0 spiro atoms. The van der Waals surface area contributed by atoms with Crippen LogP contribution in [0.5, 0.6) is 0 Å². The Morgan fingerprint density at radius 1 is 1.75 bits per heavy atom. The van der Waals surface area contributed by atoms with Crippen LogP contribution < -0.4 is 5.73 Å². The van der Waals surface area contributed by atoms with Gasteiger partial charge in [0.1, 0.15) is 5.69 Å². The van der Waals surface area contributed by atoms with Crippen molar-refractivity contribution in [1.29, 1.82) is 0 Å². The number of anilines is 1. The normalized spacial score (nSPS) is 20.2. The summed E-state index contributed by atoms with van der Waals surface area (Å²) in [5.74, 6) is 0.482. The van der Waals surface area contributed by atoms with E-state index in [0.29, 0.717) is 24.8 Å². The molecule has 1 fully saturated rings. The van der Waals surface area contributed by atoms with Gasteiger partial charge in [0.05, 0.1) is 11.5 Å². The summed E-state index contributed by atoms with van der Waals surface area (Å²) < 4.78 is 6.74. The molecule has 88 valence electrons. The Balaban J connectivity index is 2.21. The molecule has 0 saturated carbocycles. The molecule has 0 aliphatic carbocycles. The van der Waals surface area contributed by atoms with E-state index in [1.165, 1.54) is 4.68 Å². The molecule has 0 aromatic carbocycles. The first kappa shape index (κ1) is 10.9. The Kier molecular flexibility index (Phi) is 2.78. The van der Waals surface area contributed by atoms with E-state index >= 15 is 0 Å². The van der Waals surface area contributed by atoms with Gasteiger partial charge in [-0.15, -0.1) is 0 Å². The molecule has 7 nitrogen and oxygen atoms in total. The van der Waals surface area contributed by atoms with E-state index in [2.05, 4.69) is 5.10 Å². The third kappa shape index (κ3) is 1.85. The van der Waals surface area contributed by atoms with Gasteiger partial charge in [-0.05, 0) is 13.3 Å². The second kappa shape index (κ2) is 4.09. The first-order valence-electron chi connectivity index (χ1n) is 5.14.